The van der Waals surface area contributed by atoms with Gasteiger partial charge in [0.25, 0.3) is 5.91 Å². The first-order valence-corrected chi connectivity index (χ1v) is 10.2. The zero-order valence-electron chi connectivity index (χ0n) is 15.7. The maximum absolute atomic E-state index is 12.8. The Labute approximate surface area is 166 Å². The van der Waals surface area contributed by atoms with Crippen molar-refractivity contribution in [1.29, 1.82) is 0 Å². The van der Waals surface area contributed by atoms with E-state index in [9.17, 15) is 14.4 Å². The highest BCUT2D eigenvalue weighted by Gasteiger charge is 2.27. The molecule has 0 spiro atoms. The topological polar surface area (TPSA) is 111 Å². The average molecular weight is 405 g/mol. The quantitative estimate of drug-likeness (QED) is 0.541. The SMILES string of the molecule is CCOC(=O)c1c(NC(=O)c2ccnn2CCC(=O)O)sc2c1CCCCC2. The molecule has 2 aromatic heterocycles. The smallest absolute Gasteiger partial charge is 0.341 e. The van der Waals surface area contributed by atoms with E-state index in [1.54, 1.807) is 6.92 Å². The van der Waals surface area contributed by atoms with Gasteiger partial charge in [0.15, 0.2) is 0 Å². The zero-order chi connectivity index (χ0) is 20.1. The molecule has 0 saturated carbocycles. The third kappa shape index (κ3) is 4.41. The van der Waals surface area contributed by atoms with Crippen molar-refractivity contribution in [2.45, 2.75) is 52.0 Å². The van der Waals surface area contributed by atoms with Gasteiger partial charge in [-0.25, -0.2) is 4.79 Å². The number of carbonyl (C=O) groups excluding carboxylic acids is 2. The number of aromatic nitrogens is 2. The minimum Gasteiger partial charge on any atom is -0.481 e. The second-order valence-electron chi connectivity index (χ2n) is 6.53. The molecule has 1 amide bonds. The van der Waals surface area contributed by atoms with Crippen LogP contribution in [0.3, 0.4) is 0 Å². The van der Waals surface area contributed by atoms with Crippen molar-refractivity contribution in [3.63, 3.8) is 0 Å². The predicted molar refractivity (Wildman–Crippen MR) is 104 cm³/mol. The van der Waals surface area contributed by atoms with Gasteiger partial charge in [0.2, 0.25) is 0 Å². The van der Waals surface area contributed by atoms with Crippen LogP contribution in [0.2, 0.25) is 0 Å². The summed E-state index contributed by atoms with van der Waals surface area (Å²) in [5.74, 6) is -1.81. The molecule has 0 bridgehead atoms. The fourth-order valence-corrected chi connectivity index (χ4v) is 4.59. The molecular formula is C19H23N3O5S. The fraction of sp³-hybridized carbons (Fsp3) is 0.474. The van der Waals surface area contributed by atoms with Crippen molar-refractivity contribution in [2.24, 2.45) is 0 Å². The number of hydrogen-bond acceptors (Lipinski definition) is 6. The molecule has 0 atom stereocenters. The van der Waals surface area contributed by atoms with E-state index in [2.05, 4.69) is 10.4 Å². The highest BCUT2D eigenvalue weighted by atomic mass is 32.1. The summed E-state index contributed by atoms with van der Waals surface area (Å²) >= 11 is 1.42. The van der Waals surface area contributed by atoms with E-state index in [1.807, 2.05) is 0 Å². The first-order valence-electron chi connectivity index (χ1n) is 9.37. The number of amides is 1. The first-order chi connectivity index (χ1) is 13.5. The Kier molecular flexibility index (Phi) is 6.45. The van der Waals surface area contributed by atoms with Crippen LogP contribution in [0.4, 0.5) is 5.00 Å². The van der Waals surface area contributed by atoms with Crippen molar-refractivity contribution in [3.05, 3.63) is 34.0 Å². The maximum atomic E-state index is 12.8. The van der Waals surface area contributed by atoms with Crippen LogP contribution in [0.15, 0.2) is 12.3 Å². The number of anilines is 1. The van der Waals surface area contributed by atoms with Crippen LogP contribution in [0.5, 0.6) is 0 Å². The number of thiophene rings is 1. The second kappa shape index (κ2) is 9.01. The zero-order valence-corrected chi connectivity index (χ0v) is 16.5. The molecule has 0 aromatic carbocycles. The lowest BCUT2D eigenvalue weighted by atomic mass is 10.1. The Morgan fingerprint density at radius 3 is 2.82 bits per heavy atom. The summed E-state index contributed by atoms with van der Waals surface area (Å²) in [6, 6.07) is 1.53. The number of nitrogens with one attached hydrogen (secondary N) is 1. The molecule has 150 valence electrons. The Morgan fingerprint density at radius 2 is 2.07 bits per heavy atom. The summed E-state index contributed by atoms with van der Waals surface area (Å²) in [5.41, 5.74) is 1.68. The van der Waals surface area contributed by atoms with Gasteiger partial charge in [-0.3, -0.25) is 14.3 Å². The van der Waals surface area contributed by atoms with Crippen molar-refractivity contribution < 1.29 is 24.2 Å². The normalized spacial score (nSPS) is 13.5. The van der Waals surface area contributed by atoms with Gasteiger partial charge < -0.3 is 15.2 Å². The number of esters is 1. The third-order valence-corrected chi connectivity index (χ3v) is 5.82. The van der Waals surface area contributed by atoms with Gasteiger partial charge in [0.1, 0.15) is 10.7 Å². The van der Waals surface area contributed by atoms with E-state index in [0.29, 0.717) is 10.6 Å². The average Bonchev–Trinajstić information content (AvgIpc) is 3.18. The van der Waals surface area contributed by atoms with Crippen molar-refractivity contribution in [3.8, 4) is 0 Å². The summed E-state index contributed by atoms with van der Waals surface area (Å²) < 4.78 is 6.58. The molecule has 3 rings (SSSR count). The molecule has 2 aromatic rings. The molecule has 0 fully saturated rings. The molecule has 0 saturated heterocycles. The van der Waals surface area contributed by atoms with Crippen LogP contribution in [-0.2, 0) is 28.9 Å². The Bertz CT molecular complexity index is 886. The van der Waals surface area contributed by atoms with E-state index >= 15 is 0 Å². The molecule has 1 aliphatic rings. The summed E-state index contributed by atoms with van der Waals surface area (Å²) in [4.78, 5) is 37.3. The summed E-state index contributed by atoms with van der Waals surface area (Å²) in [7, 11) is 0. The van der Waals surface area contributed by atoms with Crippen LogP contribution in [0, 0.1) is 0 Å². The van der Waals surface area contributed by atoms with E-state index in [-0.39, 0.29) is 25.3 Å². The molecule has 1 aliphatic carbocycles. The van der Waals surface area contributed by atoms with Gasteiger partial charge in [0.05, 0.1) is 25.1 Å². The largest absolute Gasteiger partial charge is 0.481 e. The van der Waals surface area contributed by atoms with E-state index < -0.39 is 17.8 Å². The van der Waals surface area contributed by atoms with Gasteiger partial charge >= 0.3 is 11.9 Å². The fourth-order valence-electron chi connectivity index (χ4n) is 3.32. The van der Waals surface area contributed by atoms with E-state index in [0.717, 1.165) is 42.5 Å². The number of hydrogen-bond donors (Lipinski definition) is 2. The number of carbonyl (C=O) groups is 3. The van der Waals surface area contributed by atoms with Crippen LogP contribution >= 0.6 is 11.3 Å². The van der Waals surface area contributed by atoms with E-state index in [1.165, 1.54) is 28.3 Å². The van der Waals surface area contributed by atoms with Crippen molar-refractivity contribution >= 4 is 34.2 Å². The molecular weight excluding hydrogens is 382 g/mol. The molecule has 28 heavy (non-hydrogen) atoms. The van der Waals surface area contributed by atoms with Gasteiger partial charge in [-0.2, -0.15) is 5.10 Å². The molecule has 2 N–H and O–H groups in total. The number of aryl methyl sites for hydroxylation is 2. The molecule has 2 heterocycles. The van der Waals surface area contributed by atoms with Crippen LogP contribution in [0.25, 0.3) is 0 Å². The standard InChI is InChI=1S/C19H23N3O5S/c1-2-27-19(26)16-12-6-4-3-5-7-14(12)28-18(16)21-17(25)13-8-10-20-22(13)11-9-15(23)24/h8,10H,2-7,9,11H2,1H3,(H,21,25)(H,23,24). The molecule has 9 heteroatoms. The lowest BCUT2D eigenvalue weighted by molar-refractivity contribution is -0.137. The van der Waals surface area contributed by atoms with Gasteiger partial charge in [0, 0.05) is 11.1 Å². The minimum atomic E-state index is -0.964. The monoisotopic (exact) mass is 405 g/mol. The summed E-state index contributed by atoms with van der Waals surface area (Å²) in [6.07, 6.45) is 6.19. The lowest BCUT2D eigenvalue weighted by Crippen LogP contribution is -2.20. The second-order valence-corrected chi connectivity index (χ2v) is 7.63. The summed E-state index contributed by atoms with van der Waals surface area (Å²) in [5, 5.41) is 16.2. The van der Waals surface area contributed by atoms with Gasteiger partial charge in [-0.05, 0) is 44.2 Å². The van der Waals surface area contributed by atoms with Crippen LogP contribution in [-0.4, -0.2) is 39.3 Å². The number of fused-ring (bicyclic) bond motifs is 1. The minimum absolute atomic E-state index is 0.0940. The predicted octanol–water partition coefficient (Wildman–Crippen LogP) is 3.12. The number of ether oxygens (including phenoxy) is 1. The van der Waals surface area contributed by atoms with Crippen LogP contribution in [0.1, 0.15) is 63.9 Å². The van der Waals surface area contributed by atoms with Crippen LogP contribution < -0.4 is 5.32 Å². The third-order valence-electron chi connectivity index (χ3n) is 4.61. The lowest BCUT2D eigenvalue weighted by Gasteiger charge is -2.09. The highest BCUT2D eigenvalue weighted by molar-refractivity contribution is 7.17. The van der Waals surface area contributed by atoms with E-state index in [4.69, 9.17) is 9.84 Å². The molecule has 0 unspecified atom stereocenters. The number of aliphatic carboxylic acids is 1. The number of carboxylic acid groups (broad SMARTS) is 1. The summed E-state index contributed by atoms with van der Waals surface area (Å²) in [6.45, 7) is 2.11. The molecule has 8 nitrogen and oxygen atoms in total. The highest BCUT2D eigenvalue weighted by Crippen LogP contribution is 2.38. The van der Waals surface area contributed by atoms with Crippen molar-refractivity contribution in [2.75, 3.05) is 11.9 Å². The Morgan fingerprint density at radius 1 is 1.29 bits per heavy atom. The Hall–Kier alpha value is -2.68. The molecule has 0 radical (unpaired) electrons. The number of nitrogens with zero attached hydrogens (tertiary/aromatic N) is 2. The first kappa shape index (κ1) is 20.1. The maximum Gasteiger partial charge on any atom is 0.341 e. The Balaban J connectivity index is 1.88. The van der Waals surface area contributed by atoms with Crippen molar-refractivity contribution in [1.82, 2.24) is 9.78 Å². The van der Waals surface area contributed by atoms with Gasteiger partial charge in [-0.1, -0.05) is 6.42 Å². The van der Waals surface area contributed by atoms with Gasteiger partial charge in [-0.15, -0.1) is 11.3 Å². The number of rotatable bonds is 7. The molecule has 0 aliphatic heterocycles. The number of carboxylic acids is 1.